The van der Waals surface area contributed by atoms with Crippen molar-refractivity contribution in [2.24, 2.45) is 0 Å². The lowest BCUT2D eigenvalue weighted by molar-refractivity contribution is 0.0822. The zero-order chi connectivity index (χ0) is 22.0. The second-order valence-corrected chi connectivity index (χ2v) is 7.30. The molecule has 0 aliphatic carbocycles. The van der Waals surface area contributed by atoms with Gasteiger partial charge in [-0.2, -0.15) is 5.10 Å². The van der Waals surface area contributed by atoms with Crippen LogP contribution in [0.5, 0.6) is 0 Å². The Morgan fingerprint density at radius 2 is 1.90 bits per heavy atom. The Morgan fingerprint density at radius 1 is 1.17 bits per heavy atom. The van der Waals surface area contributed by atoms with Crippen LogP contribution in [0, 0.1) is 0 Å². The minimum absolute atomic E-state index is 0.0917. The number of methoxy groups -OCH3 is 1. The highest BCUT2D eigenvalue weighted by molar-refractivity contribution is 6.33. The van der Waals surface area contributed by atoms with Crippen LogP contribution >= 0.6 is 23.2 Å². The van der Waals surface area contributed by atoms with Crippen LogP contribution in [0.1, 0.15) is 29.2 Å². The summed E-state index contributed by atoms with van der Waals surface area (Å²) in [6, 6.07) is 2.48. The van der Waals surface area contributed by atoms with Gasteiger partial charge in [0.2, 0.25) is 0 Å². The number of fused-ring (bicyclic) bond motifs is 1. The number of pyridine rings is 1. The fourth-order valence-corrected chi connectivity index (χ4v) is 3.10. The van der Waals surface area contributed by atoms with Crippen LogP contribution in [0.4, 0.5) is 16.2 Å². The van der Waals surface area contributed by atoms with Crippen LogP contribution in [-0.4, -0.2) is 57.6 Å². The first-order chi connectivity index (χ1) is 14.2. The van der Waals surface area contributed by atoms with Crippen molar-refractivity contribution in [3.05, 3.63) is 46.1 Å². The van der Waals surface area contributed by atoms with Crippen molar-refractivity contribution in [2.45, 2.75) is 13.0 Å². The van der Waals surface area contributed by atoms with Gasteiger partial charge in [0, 0.05) is 27.3 Å². The van der Waals surface area contributed by atoms with Gasteiger partial charge in [-0.1, -0.05) is 23.2 Å². The van der Waals surface area contributed by atoms with E-state index in [9.17, 15) is 9.59 Å². The number of nitrogens with one attached hydrogen (secondary N) is 2. The molecule has 3 aromatic rings. The summed E-state index contributed by atoms with van der Waals surface area (Å²) in [4.78, 5) is 34.2. The van der Waals surface area contributed by atoms with Gasteiger partial charge in [0.15, 0.2) is 10.8 Å². The second kappa shape index (κ2) is 8.82. The molecular weight excluding hydrogens is 433 g/mol. The Kier molecular flexibility index (Phi) is 6.40. The summed E-state index contributed by atoms with van der Waals surface area (Å²) in [5.41, 5.74) is 1.86. The van der Waals surface area contributed by atoms with E-state index in [2.05, 4.69) is 25.7 Å². The van der Waals surface area contributed by atoms with E-state index in [1.807, 2.05) is 0 Å². The Bertz CT molecular complexity index is 1120. The van der Waals surface area contributed by atoms with Crippen molar-refractivity contribution in [3.8, 4) is 0 Å². The highest BCUT2D eigenvalue weighted by Crippen LogP contribution is 2.27. The Labute approximate surface area is 182 Å². The molecular formula is C18H19Cl2N7O3. The molecule has 0 fully saturated rings. The van der Waals surface area contributed by atoms with Crippen LogP contribution in [0.25, 0.3) is 5.65 Å². The molecule has 1 atom stereocenters. The Morgan fingerprint density at radius 3 is 2.53 bits per heavy atom. The van der Waals surface area contributed by atoms with Crippen LogP contribution in [0.2, 0.25) is 10.2 Å². The number of nitrogens with zero attached hydrogens (tertiary/aromatic N) is 5. The predicted molar refractivity (Wildman–Crippen MR) is 113 cm³/mol. The molecule has 0 aliphatic rings. The van der Waals surface area contributed by atoms with Crippen molar-refractivity contribution in [1.82, 2.24) is 24.5 Å². The van der Waals surface area contributed by atoms with Gasteiger partial charge in [-0.15, -0.1) is 0 Å². The summed E-state index contributed by atoms with van der Waals surface area (Å²) in [7, 11) is 4.72. The second-order valence-electron chi connectivity index (χ2n) is 6.51. The number of halogens is 2. The number of amides is 3. The van der Waals surface area contributed by atoms with Gasteiger partial charge in [0.1, 0.15) is 5.69 Å². The van der Waals surface area contributed by atoms with E-state index in [4.69, 9.17) is 27.9 Å². The first-order valence-electron chi connectivity index (χ1n) is 8.73. The van der Waals surface area contributed by atoms with E-state index in [0.29, 0.717) is 22.7 Å². The summed E-state index contributed by atoms with van der Waals surface area (Å²) < 4.78 is 6.90. The molecule has 1 unspecified atom stereocenters. The minimum Gasteiger partial charge on any atom is -0.375 e. The summed E-state index contributed by atoms with van der Waals surface area (Å²) in [5, 5.41) is 9.90. The van der Waals surface area contributed by atoms with Gasteiger partial charge in [0.05, 0.1) is 40.6 Å². The third kappa shape index (κ3) is 4.45. The minimum atomic E-state index is -0.566. The highest BCUT2D eigenvalue weighted by Gasteiger charge is 2.20. The Hall–Kier alpha value is -2.95. The molecule has 0 bridgehead atoms. The van der Waals surface area contributed by atoms with Crippen molar-refractivity contribution in [1.29, 1.82) is 0 Å². The maximum atomic E-state index is 12.5. The molecule has 0 saturated heterocycles. The number of carbonyl (C=O) groups is 2. The lowest BCUT2D eigenvalue weighted by Crippen LogP contribution is -2.24. The van der Waals surface area contributed by atoms with Gasteiger partial charge < -0.3 is 20.3 Å². The molecule has 0 aromatic carbocycles. The molecule has 3 amide bonds. The number of rotatable bonds is 5. The first kappa shape index (κ1) is 21.8. The smallest absolute Gasteiger partial charge is 0.323 e. The molecule has 0 spiro atoms. The highest BCUT2D eigenvalue weighted by atomic mass is 35.5. The molecule has 0 saturated carbocycles. The number of ether oxygens (including phenoxy) is 1. The number of urea groups is 1. The predicted octanol–water partition coefficient (Wildman–Crippen LogP) is 3.48. The first-order valence-corrected chi connectivity index (χ1v) is 9.49. The monoisotopic (exact) mass is 451 g/mol. The normalized spacial score (nSPS) is 11.9. The van der Waals surface area contributed by atoms with Crippen molar-refractivity contribution in [2.75, 3.05) is 31.8 Å². The molecule has 158 valence electrons. The molecule has 10 nitrogen and oxygen atoms in total. The largest absolute Gasteiger partial charge is 0.375 e. The summed E-state index contributed by atoms with van der Waals surface area (Å²) in [5.74, 6) is -0.341. The van der Waals surface area contributed by atoms with Crippen LogP contribution in [0.15, 0.2) is 24.5 Å². The third-order valence-corrected chi connectivity index (χ3v) is 4.66. The van der Waals surface area contributed by atoms with E-state index in [1.165, 1.54) is 35.0 Å². The molecule has 3 rings (SSSR count). The van der Waals surface area contributed by atoms with Gasteiger partial charge in [0.25, 0.3) is 5.91 Å². The fraction of sp³-hybridized carbons (Fsp3) is 0.278. The van der Waals surface area contributed by atoms with E-state index in [-0.39, 0.29) is 21.8 Å². The molecule has 0 aliphatic heterocycles. The maximum Gasteiger partial charge on any atom is 0.323 e. The number of aromatic nitrogens is 4. The summed E-state index contributed by atoms with van der Waals surface area (Å²) in [6.07, 6.45) is 2.42. The standard InChI is InChI=1S/C18H19Cl2N7O3/c1-9(30-4)16-12(8-21-14-6-13(20)25-27(14)16)24-18(29)23-10-5-11(19)15(22-7-10)17(28)26(2)3/h5-9H,1-4H3,(H2,23,24,29). The zero-order valence-corrected chi connectivity index (χ0v) is 18.1. The van der Waals surface area contributed by atoms with Gasteiger partial charge in [-0.25, -0.2) is 19.3 Å². The van der Waals surface area contributed by atoms with Crippen LogP contribution in [0.3, 0.4) is 0 Å². The molecule has 0 radical (unpaired) electrons. The molecule has 30 heavy (non-hydrogen) atoms. The van der Waals surface area contributed by atoms with Gasteiger partial charge in [-0.3, -0.25) is 4.79 Å². The molecule has 3 heterocycles. The van der Waals surface area contributed by atoms with Crippen molar-refractivity contribution < 1.29 is 14.3 Å². The van der Waals surface area contributed by atoms with Crippen molar-refractivity contribution in [3.63, 3.8) is 0 Å². The van der Waals surface area contributed by atoms with E-state index in [0.717, 1.165) is 0 Å². The average molecular weight is 452 g/mol. The van der Waals surface area contributed by atoms with E-state index >= 15 is 0 Å². The van der Waals surface area contributed by atoms with Crippen molar-refractivity contribution >= 4 is 52.2 Å². The van der Waals surface area contributed by atoms with Gasteiger partial charge >= 0.3 is 6.03 Å². The fourth-order valence-electron chi connectivity index (χ4n) is 2.68. The van der Waals surface area contributed by atoms with Crippen LogP contribution in [-0.2, 0) is 4.74 Å². The molecule has 2 N–H and O–H groups in total. The van der Waals surface area contributed by atoms with E-state index < -0.39 is 12.1 Å². The number of carbonyl (C=O) groups excluding carboxylic acids is 2. The van der Waals surface area contributed by atoms with Gasteiger partial charge in [-0.05, 0) is 13.0 Å². The average Bonchev–Trinajstić information content (AvgIpc) is 3.06. The zero-order valence-electron chi connectivity index (χ0n) is 16.6. The summed E-state index contributed by atoms with van der Waals surface area (Å²) in [6.45, 7) is 1.80. The van der Waals surface area contributed by atoms with E-state index in [1.54, 1.807) is 27.1 Å². The lowest BCUT2D eigenvalue weighted by Gasteiger charge is -2.17. The molecule has 3 aromatic heterocycles. The Balaban J connectivity index is 1.84. The lowest BCUT2D eigenvalue weighted by atomic mass is 10.2. The topological polar surface area (TPSA) is 114 Å². The summed E-state index contributed by atoms with van der Waals surface area (Å²) >= 11 is 12.1. The number of hydrogen-bond acceptors (Lipinski definition) is 6. The molecule has 12 heteroatoms. The third-order valence-electron chi connectivity index (χ3n) is 4.19. The van der Waals surface area contributed by atoms with Crippen LogP contribution < -0.4 is 10.6 Å². The quantitative estimate of drug-likeness (QED) is 0.613. The number of hydrogen-bond donors (Lipinski definition) is 2. The number of anilines is 2. The maximum absolute atomic E-state index is 12.5. The SMILES string of the molecule is COC(C)c1c(NC(=O)Nc2cnc(C(=O)N(C)C)c(Cl)c2)cnc2cc(Cl)nn12.